The van der Waals surface area contributed by atoms with E-state index in [1.807, 2.05) is 23.3 Å². The van der Waals surface area contributed by atoms with Gasteiger partial charge in [0.25, 0.3) is 0 Å². The van der Waals surface area contributed by atoms with Crippen molar-refractivity contribution >= 4 is 10.0 Å². The number of fused-ring (bicyclic) bond motifs is 1. The van der Waals surface area contributed by atoms with Gasteiger partial charge in [-0.3, -0.25) is 4.90 Å². The summed E-state index contributed by atoms with van der Waals surface area (Å²) in [5, 5.41) is 8.48. The zero-order chi connectivity index (χ0) is 20.5. The minimum atomic E-state index is -3.41. The summed E-state index contributed by atoms with van der Waals surface area (Å²) in [6, 6.07) is 3.71. The molecular formula is C18H25F2N5O2S. The molecule has 1 aliphatic heterocycles. The van der Waals surface area contributed by atoms with Gasteiger partial charge in [0.1, 0.15) is 5.82 Å². The van der Waals surface area contributed by atoms with Crippen LogP contribution in [0.1, 0.15) is 37.1 Å². The summed E-state index contributed by atoms with van der Waals surface area (Å²) >= 11 is 0. The minimum Gasteiger partial charge on any atom is -0.312 e. The fourth-order valence-corrected chi connectivity index (χ4v) is 4.25. The number of nitrogens with zero attached hydrogens (tertiary/aromatic N) is 4. The van der Waals surface area contributed by atoms with Gasteiger partial charge in [0.15, 0.2) is 17.5 Å². The van der Waals surface area contributed by atoms with Crippen LogP contribution in [0.3, 0.4) is 0 Å². The lowest BCUT2D eigenvalue weighted by atomic mass is 10.1. The van der Waals surface area contributed by atoms with Crippen LogP contribution in [-0.4, -0.2) is 47.4 Å². The molecule has 0 aliphatic carbocycles. The summed E-state index contributed by atoms with van der Waals surface area (Å²) < 4.78 is 55.5. The number of nitrogens with one attached hydrogen (secondary N) is 1. The van der Waals surface area contributed by atoms with Gasteiger partial charge in [-0.05, 0) is 12.0 Å². The van der Waals surface area contributed by atoms with Crippen LogP contribution in [0.2, 0.25) is 0 Å². The topological polar surface area (TPSA) is 80.1 Å². The lowest BCUT2D eigenvalue weighted by Gasteiger charge is -2.22. The van der Waals surface area contributed by atoms with Crippen molar-refractivity contribution in [2.75, 3.05) is 19.3 Å². The Kier molecular flexibility index (Phi) is 6.11. The van der Waals surface area contributed by atoms with Gasteiger partial charge in [-0.15, -0.1) is 10.2 Å². The molecule has 0 spiro atoms. The van der Waals surface area contributed by atoms with E-state index >= 15 is 0 Å². The van der Waals surface area contributed by atoms with E-state index in [0.717, 1.165) is 18.1 Å². The fourth-order valence-electron chi connectivity index (χ4n) is 3.41. The fraction of sp³-hybridized carbons (Fsp3) is 0.556. The molecule has 154 valence electrons. The van der Waals surface area contributed by atoms with Crippen LogP contribution in [0, 0.1) is 17.6 Å². The molecule has 1 atom stereocenters. The zero-order valence-electron chi connectivity index (χ0n) is 16.2. The molecule has 1 aromatic carbocycles. The number of hydrogen-bond acceptors (Lipinski definition) is 5. The minimum absolute atomic E-state index is 0.0104. The second-order valence-corrected chi connectivity index (χ2v) is 9.26. The molecule has 1 unspecified atom stereocenters. The standard InChI is InChI=1S/C18H25F2N5O2S/c1-12(2)17(23-28(3,26)27)18-22-21-15-7-8-24(9-10-25(15)18)11-13-5-4-6-14(19)16(13)20/h4-6,12,17,23H,7-11H2,1-3H3. The molecule has 2 heterocycles. The lowest BCUT2D eigenvalue weighted by Crippen LogP contribution is -2.33. The molecule has 3 rings (SSSR count). The monoisotopic (exact) mass is 413 g/mol. The highest BCUT2D eigenvalue weighted by atomic mass is 32.2. The van der Waals surface area contributed by atoms with E-state index in [0.29, 0.717) is 44.0 Å². The van der Waals surface area contributed by atoms with Gasteiger partial charge >= 0.3 is 0 Å². The molecule has 10 heteroatoms. The van der Waals surface area contributed by atoms with E-state index in [1.165, 1.54) is 6.07 Å². The number of hydrogen-bond donors (Lipinski definition) is 1. The van der Waals surface area contributed by atoms with Crippen molar-refractivity contribution in [1.29, 1.82) is 0 Å². The Morgan fingerprint density at radius 3 is 2.61 bits per heavy atom. The van der Waals surface area contributed by atoms with Crippen molar-refractivity contribution in [3.63, 3.8) is 0 Å². The molecule has 28 heavy (non-hydrogen) atoms. The SMILES string of the molecule is CC(C)C(NS(C)(=O)=O)c1nnc2n1CCN(Cc1cccc(F)c1F)CC2. The Hall–Kier alpha value is -1.91. The maximum atomic E-state index is 14.0. The largest absolute Gasteiger partial charge is 0.312 e. The smallest absolute Gasteiger partial charge is 0.209 e. The normalized spacial score (nSPS) is 16.8. The Morgan fingerprint density at radius 1 is 1.18 bits per heavy atom. The van der Waals surface area contributed by atoms with Gasteiger partial charge in [0.05, 0.1) is 12.3 Å². The summed E-state index contributed by atoms with van der Waals surface area (Å²) in [7, 11) is -3.41. The maximum Gasteiger partial charge on any atom is 0.209 e. The number of sulfonamides is 1. The first-order chi connectivity index (χ1) is 13.2. The molecule has 0 bridgehead atoms. The summed E-state index contributed by atoms with van der Waals surface area (Å²) in [4.78, 5) is 2.03. The van der Waals surface area contributed by atoms with E-state index < -0.39 is 27.7 Å². The third-order valence-corrected chi connectivity index (χ3v) is 5.54. The quantitative estimate of drug-likeness (QED) is 0.782. The molecule has 0 amide bonds. The van der Waals surface area contributed by atoms with Crippen LogP contribution in [0.25, 0.3) is 0 Å². The lowest BCUT2D eigenvalue weighted by molar-refractivity contribution is 0.264. The first-order valence-corrected chi connectivity index (χ1v) is 11.1. The van der Waals surface area contributed by atoms with Crippen LogP contribution in [0.5, 0.6) is 0 Å². The van der Waals surface area contributed by atoms with Crippen molar-refractivity contribution in [3.05, 3.63) is 47.0 Å². The van der Waals surface area contributed by atoms with E-state index in [9.17, 15) is 17.2 Å². The Bertz CT molecular complexity index is 945. The molecule has 1 aliphatic rings. The molecule has 0 radical (unpaired) electrons. The van der Waals surface area contributed by atoms with Gasteiger partial charge in [-0.2, -0.15) is 0 Å². The molecule has 0 saturated heterocycles. The van der Waals surface area contributed by atoms with Gasteiger partial charge in [-0.1, -0.05) is 26.0 Å². The van der Waals surface area contributed by atoms with Gasteiger partial charge in [0, 0.05) is 38.2 Å². The average Bonchev–Trinajstić information content (AvgIpc) is 2.90. The molecule has 1 aromatic heterocycles. The van der Waals surface area contributed by atoms with Gasteiger partial charge in [-0.25, -0.2) is 21.9 Å². The highest BCUT2D eigenvalue weighted by Gasteiger charge is 2.28. The molecule has 0 saturated carbocycles. The zero-order valence-corrected chi connectivity index (χ0v) is 17.0. The van der Waals surface area contributed by atoms with Crippen LogP contribution in [0.4, 0.5) is 8.78 Å². The highest BCUT2D eigenvalue weighted by Crippen LogP contribution is 2.23. The van der Waals surface area contributed by atoms with E-state index in [-0.39, 0.29) is 5.92 Å². The summed E-state index contributed by atoms with van der Waals surface area (Å²) in [5.74, 6) is -0.335. The van der Waals surface area contributed by atoms with E-state index in [4.69, 9.17) is 0 Å². The second-order valence-electron chi connectivity index (χ2n) is 7.48. The second kappa shape index (κ2) is 8.22. The number of benzene rings is 1. The van der Waals surface area contributed by atoms with E-state index in [1.54, 1.807) is 6.07 Å². The molecule has 0 fully saturated rings. The van der Waals surface area contributed by atoms with Gasteiger partial charge in [0.2, 0.25) is 10.0 Å². The highest BCUT2D eigenvalue weighted by molar-refractivity contribution is 7.88. The van der Waals surface area contributed by atoms with Crippen molar-refractivity contribution in [1.82, 2.24) is 24.4 Å². The third-order valence-electron chi connectivity index (χ3n) is 4.86. The first-order valence-electron chi connectivity index (χ1n) is 9.20. The molecule has 7 nitrogen and oxygen atoms in total. The van der Waals surface area contributed by atoms with Crippen LogP contribution >= 0.6 is 0 Å². The number of rotatable bonds is 6. The predicted octanol–water partition coefficient (Wildman–Crippen LogP) is 1.86. The first kappa shape index (κ1) is 20.8. The third kappa shape index (κ3) is 4.73. The molecule has 2 aromatic rings. The van der Waals surface area contributed by atoms with Crippen LogP contribution < -0.4 is 4.72 Å². The van der Waals surface area contributed by atoms with Gasteiger partial charge < -0.3 is 4.57 Å². The maximum absolute atomic E-state index is 14.0. The van der Waals surface area contributed by atoms with Crippen molar-refractivity contribution in [3.8, 4) is 0 Å². The number of halogens is 2. The van der Waals surface area contributed by atoms with Crippen molar-refractivity contribution in [2.45, 2.75) is 39.4 Å². The van der Waals surface area contributed by atoms with Crippen LogP contribution in [-0.2, 0) is 29.5 Å². The Morgan fingerprint density at radius 2 is 1.93 bits per heavy atom. The van der Waals surface area contributed by atoms with Crippen molar-refractivity contribution < 1.29 is 17.2 Å². The molecular weight excluding hydrogens is 388 g/mol. The summed E-state index contributed by atoms with van der Waals surface area (Å²) in [6.07, 6.45) is 1.71. The number of aromatic nitrogens is 3. The Labute approximate surface area is 163 Å². The summed E-state index contributed by atoms with van der Waals surface area (Å²) in [6.45, 7) is 5.90. The molecule has 1 N–H and O–H groups in total. The summed E-state index contributed by atoms with van der Waals surface area (Å²) in [5.41, 5.74) is 0.316. The van der Waals surface area contributed by atoms with Crippen molar-refractivity contribution in [2.24, 2.45) is 5.92 Å². The average molecular weight is 413 g/mol. The Balaban J connectivity index is 1.78. The predicted molar refractivity (Wildman–Crippen MR) is 101 cm³/mol. The van der Waals surface area contributed by atoms with Crippen LogP contribution in [0.15, 0.2) is 18.2 Å². The van der Waals surface area contributed by atoms with E-state index in [2.05, 4.69) is 14.9 Å².